The molecule has 0 aromatic heterocycles. The van der Waals surface area contributed by atoms with Gasteiger partial charge < -0.3 is 10.1 Å². The van der Waals surface area contributed by atoms with Gasteiger partial charge in [-0.05, 0) is 44.7 Å². The molecule has 1 N–H and O–H groups in total. The second kappa shape index (κ2) is 8.89. The number of ether oxygens (including phenoxy) is 1. The van der Waals surface area contributed by atoms with E-state index >= 15 is 0 Å². The zero-order valence-corrected chi connectivity index (χ0v) is 12.7. The number of hydrogen-bond acceptors (Lipinski definition) is 3. The first-order valence-corrected chi connectivity index (χ1v) is 7.73. The zero-order valence-electron chi connectivity index (χ0n) is 12.7. The summed E-state index contributed by atoms with van der Waals surface area (Å²) in [6, 6.07) is 1.51. The highest BCUT2D eigenvalue weighted by Gasteiger charge is 2.36. The molecule has 0 aliphatic heterocycles. The van der Waals surface area contributed by atoms with Crippen molar-refractivity contribution in [2.75, 3.05) is 33.4 Å². The van der Waals surface area contributed by atoms with E-state index in [0.717, 1.165) is 37.7 Å². The molecule has 0 aromatic carbocycles. The maximum absolute atomic E-state index is 5.29. The van der Waals surface area contributed by atoms with Crippen molar-refractivity contribution in [3.05, 3.63) is 0 Å². The van der Waals surface area contributed by atoms with E-state index in [1.165, 1.54) is 32.2 Å². The second-order valence-electron chi connectivity index (χ2n) is 5.41. The highest BCUT2D eigenvalue weighted by Crippen LogP contribution is 2.33. The van der Waals surface area contributed by atoms with Crippen molar-refractivity contribution in [1.82, 2.24) is 10.2 Å². The quantitative estimate of drug-likeness (QED) is 0.650. The van der Waals surface area contributed by atoms with Gasteiger partial charge in [0.05, 0.1) is 6.61 Å². The van der Waals surface area contributed by atoms with E-state index < -0.39 is 0 Å². The predicted molar refractivity (Wildman–Crippen MR) is 78.0 cm³/mol. The van der Waals surface area contributed by atoms with Crippen LogP contribution in [-0.2, 0) is 4.74 Å². The van der Waals surface area contributed by atoms with Gasteiger partial charge in [-0.25, -0.2) is 0 Å². The average molecular weight is 256 g/mol. The fourth-order valence-electron chi connectivity index (χ4n) is 3.13. The Morgan fingerprint density at radius 2 is 1.94 bits per heavy atom. The number of nitrogens with one attached hydrogen (secondary N) is 1. The normalized spacial score (nSPS) is 23.7. The SMILES string of the molecule is CCNCC1CCC1N(CCOC)C(CC)CC. The van der Waals surface area contributed by atoms with Crippen molar-refractivity contribution in [2.45, 2.75) is 58.5 Å². The molecule has 1 aliphatic carbocycles. The Bertz CT molecular complexity index is 207. The van der Waals surface area contributed by atoms with Crippen LogP contribution in [0.5, 0.6) is 0 Å². The van der Waals surface area contributed by atoms with Crippen molar-refractivity contribution in [3.63, 3.8) is 0 Å². The van der Waals surface area contributed by atoms with Crippen LogP contribution in [0.4, 0.5) is 0 Å². The van der Waals surface area contributed by atoms with Gasteiger partial charge in [0.25, 0.3) is 0 Å². The Kier molecular flexibility index (Phi) is 7.87. The lowest BCUT2D eigenvalue weighted by Gasteiger charge is -2.48. The maximum Gasteiger partial charge on any atom is 0.0589 e. The van der Waals surface area contributed by atoms with Gasteiger partial charge in [0, 0.05) is 25.7 Å². The van der Waals surface area contributed by atoms with E-state index in [4.69, 9.17) is 4.74 Å². The molecule has 2 unspecified atom stereocenters. The molecule has 0 saturated heterocycles. The van der Waals surface area contributed by atoms with E-state index in [1.54, 1.807) is 0 Å². The molecule has 1 rings (SSSR count). The van der Waals surface area contributed by atoms with Gasteiger partial charge in [-0.3, -0.25) is 4.90 Å². The van der Waals surface area contributed by atoms with Crippen molar-refractivity contribution in [1.29, 1.82) is 0 Å². The molecular formula is C15H32N2O. The predicted octanol–water partition coefficient (Wildman–Crippen LogP) is 2.51. The fourth-order valence-corrected chi connectivity index (χ4v) is 3.13. The lowest BCUT2D eigenvalue weighted by Crippen LogP contribution is -2.54. The highest BCUT2D eigenvalue weighted by atomic mass is 16.5. The van der Waals surface area contributed by atoms with Crippen LogP contribution >= 0.6 is 0 Å². The summed E-state index contributed by atoms with van der Waals surface area (Å²) in [5.41, 5.74) is 0. The molecular weight excluding hydrogens is 224 g/mol. The van der Waals surface area contributed by atoms with E-state index in [-0.39, 0.29) is 0 Å². The average Bonchev–Trinajstić information content (AvgIpc) is 2.36. The van der Waals surface area contributed by atoms with Crippen molar-refractivity contribution in [2.24, 2.45) is 5.92 Å². The van der Waals surface area contributed by atoms with Gasteiger partial charge in [0.15, 0.2) is 0 Å². The van der Waals surface area contributed by atoms with Crippen LogP contribution < -0.4 is 5.32 Å². The maximum atomic E-state index is 5.29. The van der Waals surface area contributed by atoms with E-state index in [9.17, 15) is 0 Å². The first-order chi connectivity index (χ1) is 8.78. The Morgan fingerprint density at radius 1 is 1.22 bits per heavy atom. The smallest absolute Gasteiger partial charge is 0.0589 e. The molecule has 0 amide bonds. The standard InChI is InChI=1S/C15H32N2O/c1-5-14(6-2)17(10-11-18-4)15-9-8-13(15)12-16-7-3/h13-16H,5-12H2,1-4H3. The number of nitrogens with zero attached hydrogens (tertiary/aromatic N) is 1. The van der Waals surface area contributed by atoms with E-state index in [2.05, 4.69) is 31.0 Å². The molecule has 2 atom stereocenters. The van der Waals surface area contributed by atoms with E-state index in [0.29, 0.717) is 0 Å². The number of rotatable bonds is 10. The summed E-state index contributed by atoms with van der Waals surface area (Å²) in [6.45, 7) is 11.0. The van der Waals surface area contributed by atoms with E-state index in [1.807, 2.05) is 7.11 Å². The molecule has 108 valence electrons. The minimum absolute atomic E-state index is 0.731. The van der Waals surface area contributed by atoms with Gasteiger partial charge in [-0.1, -0.05) is 20.8 Å². The molecule has 0 aromatic rings. The molecule has 1 fully saturated rings. The fraction of sp³-hybridized carbons (Fsp3) is 1.00. The largest absolute Gasteiger partial charge is 0.383 e. The molecule has 3 nitrogen and oxygen atoms in total. The Morgan fingerprint density at radius 3 is 2.39 bits per heavy atom. The molecule has 0 radical (unpaired) electrons. The Hall–Kier alpha value is -0.120. The first kappa shape index (κ1) is 15.9. The van der Waals surface area contributed by atoms with Crippen LogP contribution in [0, 0.1) is 5.92 Å². The minimum atomic E-state index is 0.731. The molecule has 0 bridgehead atoms. The van der Waals surface area contributed by atoms with Crippen molar-refractivity contribution < 1.29 is 4.74 Å². The third-order valence-corrected chi connectivity index (χ3v) is 4.43. The summed E-state index contributed by atoms with van der Waals surface area (Å²) >= 11 is 0. The Balaban J connectivity index is 2.52. The number of hydrogen-bond donors (Lipinski definition) is 1. The summed E-state index contributed by atoms with van der Waals surface area (Å²) < 4.78 is 5.29. The van der Waals surface area contributed by atoms with Crippen molar-refractivity contribution in [3.8, 4) is 0 Å². The molecule has 18 heavy (non-hydrogen) atoms. The summed E-state index contributed by atoms with van der Waals surface area (Å²) in [4.78, 5) is 2.72. The van der Waals surface area contributed by atoms with Crippen LogP contribution in [0.15, 0.2) is 0 Å². The van der Waals surface area contributed by atoms with Gasteiger partial charge in [-0.15, -0.1) is 0 Å². The first-order valence-electron chi connectivity index (χ1n) is 7.73. The van der Waals surface area contributed by atoms with Gasteiger partial charge >= 0.3 is 0 Å². The third-order valence-electron chi connectivity index (χ3n) is 4.43. The highest BCUT2D eigenvalue weighted by molar-refractivity contribution is 4.92. The van der Waals surface area contributed by atoms with Crippen LogP contribution in [0.2, 0.25) is 0 Å². The number of methoxy groups -OCH3 is 1. The topological polar surface area (TPSA) is 24.5 Å². The summed E-state index contributed by atoms with van der Waals surface area (Å²) in [6.07, 6.45) is 5.27. The second-order valence-corrected chi connectivity index (χ2v) is 5.41. The van der Waals surface area contributed by atoms with Gasteiger partial charge in [0.2, 0.25) is 0 Å². The minimum Gasteiger partial charge on any atom is -0.383 e. The summed E-state index contributed by atoms with van der Waals surface area (Å²) in [5.74, 6) is 0.849. The summed E-state index contributed by atoms with van der Waals surface area (Å²) in [7, 11) is 1.81. The molecule has 0 spiro atoms. The molecule has 1 saturated carbocycles. The van der Waals surface area contributed by atoms with Gasteiger partial charge in [0.1, 0.15) is 0 Å². The Labute approximate surface area is 113 Å². The summed E-state index contributed by atoms with van der Waals surface area (Å²) in [5, 5.41) is 3.51. The lowest BCUT2D eigenvalue weighted by atomic mass is 9.77. The lowest BCUT2D eigenvalue weighted by molar-refractivity contribution is 0.00675. The van der Waals surface area contributed by atoms with Crippen LogP contribution in [-0.4, -0.2) is 50.3 Å². The van der Waals surface area contributed by atoms with Crippen LogP contribution in [0.25, 0.3) is 0 Å². The van der Waals surface area contributed by atoms with Crippen LogP contribution in [0.3, 0.4) is 0 Å². The molecule has 3 heteroatoms. The van der Waals surface area contributed by atoms with Gasteiger partial charge in [-0.2, -0.15) is 0 Å². The third kappa shape index (κ3) is 4.22. The zero-order chi connectivity index (χ0) is 13.4. The molecule has 1 aliphatic rings. The van der Waals surface area contributed by atoms with Crippen molar-refractivity contribution >= 4 is 0 Å². The molecule has 0 heterocycles. The van der Waals surface area contributed by atoms with Crippen LogP contribution in [0.1, 0.15) is 46.5 Å². The monoisotopic (exact) mass is 256 g/mol.